The van der Waals surface area contributed by atoms with E-state index in [1.165, 1.54) is 24.3 Å². The molecule has 0 aromatic heterocycles. The quantitative estimate of drug-likeness (QED) is 0.903. The van der Waals surface area contributed by atoms with Crippen molar-refractivity contribution in [3.05, 3.63) is 59.7 Å². The molecule has 3 N–H and O–H groups in total. The van der Waals surface area contributed by atoms with E-state index in [0.717, 1.165) is 18.2 Å². The maximum Gasteiger partial charge on any atom is 0.264 e. The summed E-state index contributed by atoms with van der Waals surface area (Å²) in [7, 11) is -4.28. The first-order valence-electron chi connectivity index (χ1n) is 5.68. The molecule has 110 valence electrons. The number of benzene rings is 2. The molecule has 0 bridgehead atoms. The number of carbonyl (C=O) groups is 1. The highest BCUT2D eigenvalue weighted by molar-refractivity contribution is 7.92. The van der Waals surface area contributed by atoms with E-state index in [0.29, 0.717) is 0 Å². The van der Waals surface area contributed by atoms with Crippen LogP contribution in [0.5, 0.6) is 0 Å². The van der Waals surface area contributed by atoms with Crippen LogP contribution in [0.2, 0.25) is 0 Å². The van der Waals surface area contributed by atoms with Crippen LogP contribution in [0.4, 0.5) is 14.5 Å². The Bertz CT molecular complexity index is 790. The molecule has 0 spiro atoms. The topological polar surface area (TPSA) is 89.3 Å². The van der Waals surface area contributed by atoms with E-state index in [2.05, 4.69) is 4.72 Å². The fourth-order valence-electron chi connectivity index (χ4n) is 1.60. The lowest BCUT2D eigenvalue weighted by molar-refractivity contribution is 0.100. The Balaban J connectivity index is 2.33. The molecule has 0 saturated heterocycles. The molecular weight excluding hydrogens is 302 g/mol. The van der Waals surface area contributed by atoms with Gasteiger partial charge >= 0.3 is 0 Å². The number of hydrogen-bond donors (Lipinski definition) is 2. The van der Waals surface area contributed by atoms with Gasteiger partial charge in [0.1, 0.15) is 4.90 Å². The van der Waals surface area contributed by atoms with Crippen LogP contribution in [0.1, 0.15) is 10.4 Å². The van der Waals surface area contributed by atoms with E-state index < -0.39 is 32.5 Å². The maximum atomic E-state index is 13.5. The zero-order chi connectivity index (χ0) is 15.6. The van der Waals surface area contributed by atoms with Crippen molar-refractivity contribution < 1.29 is 22.0 Å². The number of sulfonamides is 1. The number of anilines is 1. The zero-order valence-corrected chi connectivity index (χ0v) is 11.3. The molecule has 0 aliphatic rings. The highest BCUT2D eigenvalue weighted by Gasteiger charge is 2.21. The minimum atomic E-state index is -4.28. The van der Waals surface area contributed by atoms with Crippen molar-refractivity contribution in [2.45, 2.75) is 4.90 Å². The van der Waals surface area contributed by atoms with Crippen LogP contribution in [0, 0.1) is 11.6 Å². The van der Waals surface area contributed by atoms with E-state index in [9.17, 15) is 22.0 Å². The predicted octanol–water partition coefficient (Wildman–Crippen LogP) is 1.86. The highest BCUT2D eigenvalue weighted by atomic mass is 32.2. The molecule has 0 aliphatic carbocycles. The number of primary amides is 1. The van der Waals surface area contributed by atoms with E-state index >= 15 is 0 Å². The molecule has 0 unspecified atom stereocenters. The number of nitrogens with one attached hydrogen (secondary N) is 1. The van der Waals surface area contributed by atoms with Gasteiger partial charge in [-0.1, -0.05) is 6.07 Å². The first-order chi connectivity index (χ1) is 9.81. The van der Waals surface area contributed by atoms with Crippen molar-refractivity contribution in [1.82, 2.24) is 0 Å². The fourth-order valence-corrected chi connectivity index (χ4v) is 2.75. The fraction of sp³-hybridized carbons (Fsp3) is 0. The minimum Gasteiger partial charge on any atom is -0.366 e. The molecule has 2 aromatic rings. The van der Waals surface area contributed by atoms with Gasteiger partial charge in [-0.05, 0) is 36.4 Å². The van der Waals surface area contributed by atoms with Crippen molar-refractivity contribution in [2.75, 3.05) is 4.72 Å². The van der Waals surface area contributed by atoms with Gasteiger partial charge in [-0.2, -0.15) is 0 Å². The van der Waals surface area contributed by atoms with Gasteiger partial charge < -0.3 is 5.73 Å². The number of rotatable bonds is 4. The van der Waals surface area contributed by atoms with Gasteiger partial charge in [0.25, 0.3) is 10.0 Å². The first-order valence-corrected chi connectivity index (χ1v) is 7.16. The second-order valence-electron chi connectivity index (χ2n) is 4.10. The summed E-state index contributed by atoms with van der Waals surface area (Å²) in [5.41, 5.74) is 5.33. The Morgan fingerprint density at radius 2 is 1.67 bits per heavy atom. The number of nitrogens with two attached hydrogens (primary N) is 1. The molecule has 5 nitrogen and oxygen atoms in total. The van der Waals surface area contributed by atoms with Crippen LogP contribution in [-0.2, 0) is 10.0 Å². The molecule has 0 atom stereocenters. The van der Waals surface area contributed by atoms with Gasteiger partial charge in [0, 0.05) is 11.3 Å². The molecule has 0 aliphatic heterocycles. The highest BCUT2D eigenvalue weighted by Crippen LogP contribution is 2.20. The Kier molecular flexibility index (Phi) is 3.90. The molecule has 8 heteroatoms. The zero-order valence-electron chi connectivity index (χ0n) is 10.5. The van der Waals surface area contributed by atoms with Crippen molar-refractivity contribution in [1.29, 1.82) is 0 Å². The molecular formula is C13H10F2N2O3S. The number of amides is 1. The second kappa shape index (κ2) is 5.49. The minimum absolute atomic E-state index is 0.0867. The summed E-state index contributed by atoms with van der Waals surface area (Å²) in [6.07, 6.45) is 0. The van der Waals surface area contributed by atoms with Gasteiger partial charge in [-0.3, -0.25) is 9.52 Å². The third kappa shape index (κ3) is 3.16. The molecule has 0 fully saturated rings. The summed E-state index contributed by atoms with van der Waals surface area (Å²) in [4.78, 5) is 10.1. The van der Waals surface area contributed by atoms with Crippen LogP contribution in [0.15, 0.2) is 47.4 Å². The van der Waals surface area contributed by atoms with Crippen LogP contribution < -0.4 is 10.5 Å². The molecule has 0 heterocycles. The summed E-state index contributed by atoms with van der Waals surface area (Å²) < 4.78 is 52.6. The largest absolute Gasteiger partial charge is 0.366 e. The van der Waals surface area contributed by atoms with E-state index in [-0.39, 0.29) is 11.3 Å². The van der Waals surface area contributed by atoms with Gasteiger partial charge in [-0.15, -0.1) is 0 Å². The predicted molar refractivity (Wildman–Crippen MR) is 72.1 cm³/mol. The summed E-state index contributed by atoms with van der Waals surface area (Å²) in [6, 6.07) is 8.03. The molecule has 0 saturated carbocycles. The Morgan fingerprint density at radius 3 is 2.24 bits per heavy atom. The first kappa shape index (κ1) is 14.9. The molecule has 0 radical (unpaired) electrons. The summed E-state index contributed by atoms with van der Waals surface area (Å²) in [5.74, 6) is -3.39. The maximum absolute atomic E-state index is 13.5. The summed E-state index contributed by atoms with van der Waals surface area (Å²) in [5, 5.41) is 0. The van der Waals surface area contributed by atoms with Gasteiger partial charge in [0.15, 0.2) is 11.6 Å². The van der Waals surface area contributed by atoms with Crippen molar-refractivity contribution >= 4 is 21.6 Å². The van der Waals surface area contributed by atoms with E-state index in [4.69, 9.17) is 5.73 Å². The smallest absolute Gasteiger partial charge is 0.264 e. The van der Waals surface area contributed by atoms with Gasteiger partial charge in [0.2, 0.25) is 5.91 Å². The van der Waals surface area contributed by atoms with Crippen molar-refractivity contribution in [3.8, 4) is 0 Å². The SMILES string of the molecule is NC(=O)c1ccc(NS(=O)(=O)c2cccc(F)c2F)cc1. The van der Waals surface area contributed by atoms with E-state index in [1.54, 1.807) is 0 Å². The lowest BCUT2D eigenvalue weighted by Gasteiger charge is -2.09. The van der Waals surface area contributed by atoms with Crippen molar-refractivity contribution in [2.24, 2.45) is 5.73 Å². The average molecular weight is 312 g/mol. The standard InChI is InChI=1S/C13H10F2N2O3S/c14-10-2-1-3-11(12(10)15)21(19,20)17-9-6-4-8(5-7-9)13(16)18/h1-7,17H,(H2,16,18). The van der Waals surface area contributed by atoms with E-state index in [1.807, 2.05) is 0 Å². The third-order valence-electron chi connectivity index (χ3n) is 2.63. The summed E-state index contributed by atoms with van der Waals surface area (Å²) in [6.45, 7) is 0. The molecule has 2 rings (SSSR count). The number of halogens is 2. The normalized spacial score (nSPS) is 11.1. The Morgan fingerprint density at radius 1 is 1.05 bits per heavy atom. The third-order valence-corrected chi connectivity index (χ3v) is 4.03. The number of hydrogen-bond acceptors (Lipinski definition) is 3. The van der Waals surface area contributed by atoms with Gasteiger partial charge in [-0.25, -0.2) is 17.2 Å². The van der Waals surface area contributed by atoms with Gasteiger partial charge in [0.05, 0.1) is 0 Å². The monoisotopic (exact) mass is 312 g/mol. The van der Waals surface area contributed by atoms with Crippen LogP contribution in [0.3, 0.4) is 0 Å². The number of carbonyl (C=O) groups excluding carboxylic acids is 1. The molecule has 2 aromatic carbocycles. The Hall–Kier alpha value is -2.48. The summed E-state index contributed by atoms with van der Waals surface area (Å²) >= 11 is 0. The molecule has 1 amide bonds. The van der Waals surface area contributed by atoms with Crippen LogP contribution in [-0.4, -0.2) is 14.3 Å². The molecule has 21 heavy (non-hydrogen) atoms. The van der Waals surface area contributed by atoms with Crippen molar-refractivity contribution in [3.63, 3.8) is 0 Å². The van der Waals surface area contributed by atoms with Crippen LogP contribution in [0.25, 0.3) is 0 Å². The lowest BCUT2D eigenvalue weighted by atomic mass is 10.2. The average Bonchev–Trinajstić information content (AvgIpc) is 2.41. The lowest BCUT2D eigenvalue weighted by Crippen LogP contribution is -2.16. The van der Waals surface area contributed by atoms with Crippen LogP contribution >= 0.6 is 0 Å². The Labute approximate surface area is 119 Å². The second-order valence-corrected chi connectivity index (χ2v) is 5.75.